The fourth-order valence-electron chi connectivity index (χ4n) is 0.835. The zero-order valence-electron chi connectivity index (χ0n) is 7.68. The summed E-state index contributed by atoms with van der Waals surface area (Å²) < 4.78 is 5.38. The van der Waals surface area contributed by atoms with Crippen LogP contribution in [0.25, 0.3) is 0 Å². The van der Waals surface area contributed by atoms with Gasteiger partial charge < -0.3 is 9.84 Å². The van der Waals surface area contributed by atoms with Crippen LogP contribution in [0.5, 0.6) is 0 Å². The Hall–Kier alpha value is -0.0800. The number of hydrogen-bond acceptors (Lipinski definition) is 2. The van der Waals surface area contributed by atoms with E-state index in [1.807, 2.05) is 0 Å². The molecule has 1 atom stereocenters. The van der Waals surface area contributed by atoms with Gasteiger partial charge in [-0.1, -0.05) is 20.3 Å². The maximum absolute atomic E-state index is 8.58. The van der Waals surface area contributed by atoms with Crippen molar-refractivity contribution in [2.75, 3.05) is 19.8 Å². The molecule has 0 spiro atoms. The smallest absolute Gasteiger partial charge is 0.0492 e. The Bertz CT molecular complexity index is 74.0. The summed E-state index contributed by atoms with van der Waals surface area (Å²) in [6, 6.07) is 0. The Kier molecular flexibility index (Phi) is 7.96. The molecule has 0 aromatic rings. The van der Waals surface area contributed by atoms with Crippen LogP contribution in [0.4, 0.5) is 0 Å². The molecule has 2 heteroatoms. The van der Waals surface area contributed by atoms with Crippen LogP contribution in [0.3, 0.4) is 0 Å². The molecule has 2 nitrogen and oxygen atoms in total. The van der Waals surface area contributed by atoms with Gasteiger partial charge in [-0.05, 0) is 18.8 Å². The van der Waals surface area contributed by atoms with E-state index >= 15 is 0 Å². The Morgan fingerprint density at radius 2 is 2.18 bits per heavy atom. The van der Waals surface area contributed by atoms with E-state index in [0.29, 0.717) is 5.92 Å². The maximum atomic E-state index is 8.58. The molecule has 0 fully saturated rings. The first-order valence-corrected chi connectivity index (χ1v) is 4.49. The van der Waals surface area contributed by atoms with E-state index < -0.39 is 0 Å². The minimum absolute atomic E-state index is 0.276. The second-order valence-electron chi connectivity index (χ2n) is 3.05. The summed E-state index contributed by atoms with van der Waals surface area (Å²) in [5, 5.41) is 8.58. The largest absolute Gasteiger partial charge is 0.396 e. The van der Waals surface area contributed by atoms with E-state index in [4.69, 9.17) is 9.84 Å². The van der Waals surface area contributed by atoms with Crippen LogP contribution >= 0.6 is 0 Å². The maximum Gasteiger partial charge on any atom is 0.0492 e. The van der Waals surface area contributed by atoms with Gasteiger partial charge in [-0.3, -0.25) is 0 Å². The molecule has 1 N–H and O–H groups in total. The standard InChI is InChI=1S/C9H20O2/c1-3-4-7-11-8-9(2)5-6-10/h9-10H,3-8H2,1-2H3/t9-/m0/s1. The first-order valence-electron chi connectivity index (χ1n) is 4.49. The van der Waals surface area contributed by atoms with Crippen LogP contribution < -0.4 is 0 Å². The molecule has 0 rings (SSSR count). The van der Waals surface area contributed by atoms with Gasteiger partial charge in [0.25, 0.3) is 0 Å². The van der Waals surface area contributed by atoms with Gasteiger partial charge in [0, 0.05) is 19.8 Å². The van der Waals surface area contributed by atoms with E-state index in [1.54, 1.807) is 0 Å². The number of ether oxygens (including phenoxy) is 1. The average molecular weight is 160 g/mol. The van der Waals surface area contributed by atoms with E-state index in [2.05, 4.69) is 13.8 Å². The summed E-state index contributed by atoms with van der Waals surface area (Å²) in [4.78, 5) is 0. The zero-order chi connectivity index (χ0) is 8.53. The van der Waals surface area contributed by atoms with Crippen LogP contribution in [0, 0.1) is 5.92 Å². The first-order chi connectivity index (χ1) is 5.31. The van der Waals surface area contributed by atoms with E-state index in [1.165, 1.54) is 6.42 Å². The third kappa shape index (κ3) is 7.82. The van der Waals surface area contributed by atoms with E-state index in [-0.39, 0.29) is 6.61 Å². The molecule has 0 aromatic carbocycles. The Morgan fingerprint density at radius 3 is 2.73 bits per heavy atom. The lowest BCUT2D eigenvalue weighted by molar-refractivity contribution is 0.0922. The minimum Gasteiger partial charge on any atom is -0.396 e. The lowest BCUT2D eigenvalue weighted by atomic mass is 10.1. The quantitative estimate of drug-likeness (QED) is 0.576. The molecular weight excluding hydrogens is 140 g/mol. The van der Waals surface area contributed by atoms with Crippen molar-refractivity contribution >= 4 is 0 Å². The van der Waals surface area contributed by atoms with Gasteiger partial charge in [0.2, 0.25) is 0 Å². The van der Waals surface area contributed by atoms with Crippen molar-refractivity contribution in [2.45, 2.75) is 33.1 Å². The van der Waals surface area contributed by atoms with Crippen molar-refractivity contribution < 1.29 is 9.84 Å². The average Bonchev–Trinajstić information content (AvgIpc) is 1.99. The molecule has 0 saturated carbocycles. The number of unbranched alkanes of at least 4 members (excludes halogenated alkanes) is 1. The van der Waals surface area contributed by atoms with Gasteiger partial charge in [0.1, 0.15) is 0 Å². The second kappa shape index (κ2) is 8.02. The minimum atomic E-state index is 0.276. The number of aliphatic hydroxyl groups excluding tert-OH is 1. The van der Waals surface area contributed by atoms with Gasteiger partial charge in [0.15, 0.2) is 0 Å². The Morgan fingerprint density at radius 1 is 1.45 bits per heavy atom. The summed E-state index contributed by atoms with van der Waals surface area (Å²) in [5.74, 6) is 0.497. The molecule has 0 unspecified atom stereocenters. The van der Waals surface area contributed by atoms with Crippen molar-refractivity contribution in [1.29, 1.82) is 0 Å². The SMILES string of the molecule is CCCCOC[C@@H](C)CCO. The first kappa shape index (κ1) is 10.9. The highest BCUT2D eigenvalue weighted by atomic mass is 16.5. The summed E-state index contributed by atoms with van der Waals surface area (Å²) in [6.45, 7) is 6.19. The predicted molar refractivity (Wildman–Crippen MR) is 46.6 cm³/mol. The number of aliphatic hydroxyl groups is 1. The summed E-state index contributed by atoms with van der Waals surface area (Å²) in [7, 11) is 0. The van der Waals surface area contributed by atoms with Crippen LogP contribution in [-0.4, -0.2) is 24.9 Å². The zero-order valence-corrected chi connectivity index (χ0v) is 7.68. The van der Waals surface area contributed by atoms with Gasteiger partial charge in [-0.25, -0.2) is 0 Å². The van der Waals surface area contributed by atoms with Crippen molar-refractivity contribution in [1.82, 2.24) is 0 Å². The molecule has 0 heterocycles. The van der Waals surface area contributed by atoms with E-state index in [0.717, 1.165) is 26.1 Å². The molecule has 0 amide bonds. The molecule has 0 aliphatic heterocycles. The highest BCUT2D eigenvalue weighted by molar-refractivity contribution is 4.49. The van der Waals surface area contributed by atoms with Crippen molar-refractivity contribution in [3.8, 4) is 0 Å². The molecule has 0 aromatic heterocycles. The topological polar surface area (TPSA) is 29.5 Å². The van der Waals surface area contributed by atoms with Crippen molar-refractivity contribution in [3.63, 3.8) is 0 Å². The van der Waals surface area contributed by atoms with Gasteiger partial charge >= 0.3 is 0 Å². The highest BCUT2D eigenvalue weighted by Crippen LogP contribution is 2.01. The van der Waals surface area contributed by atoms with Crippen LogP contribution in [-0.2, 0) is 4.74 Å². The van der Waals surface area contributed by atoms with Crippen LogP contribution in [0.1, 0.15) is 33.1 Å². The monoisotopic (exact) mass is 160 g/mol. The third-order valence-corrected chi connectivity index (χ3v) is 1.67. The summed E-state index contributed by atoms with van der Waals surface area (Å²) in [6.07, 6.45) is 3.19. The highest BCUT2D eigenvalue weighted by Gasteiger charge is 1.99. The molecule has 0 saturated heterocycles. The molecule has 0 radical (unpaired) electrons. The van der Waals surface area contributed by atoms with Gasteiger partial charge in [-0.15, -0.1) is 0 Å². The summed E-state index contributed by atoms with van der Waals surface area (Å²) >= 11 is 0. The Balaban J connectivity index is 2.97. The van der Waals surface area contributed by atoms with Crippen molar-refractivity contribution in [3.05, 3.63) is 0 Å². The number of hydrogen-bond donors (Lipinski definition) is 1. The Labute approximate surface area is 69.6 Å². The van der Waals surface area contributed by atoms with Crippen molar-refractivity contribution in [2.24, 2.45) is 5.92 Å². The number of rotatable bonds is 7. The summed E-state index contributed by atoms with van der Waals surface area (Å²) in [5.41, 5.74) is 0. The normalized spacial score (nSPS) is 13.4. The fourth-order valence-corrected chi connectivity index (χ4v) is 0.835. The predicted octanol–water partition coefficient (Wildman–Crippen LogP) is 1.82. The lowest BCUT2D eigenvalue weighted by Crippen LogP contribution is -2.08. The second-order valence-corrected chi connectivity index (χ2v) is 3.05. The molecule has 0 aliphatic rings. The fraction of sp³-hybridized carbons (Fsp3) is 1.00. The molecule has 68 valence electrons. The van der Waals surface area contributed by atoms with Gasteiger partial charge in [0.05, 0.1) is 0 Å². The third-order valence-electron chi connectivity index (χ3n) is 1.67. The van der Waals surface area contributed by atoms with Crippen LogP contribution in [0.2, 0.25) is 0 Å². The van der Waals surface area contributed by atoms with Crippen LogP contribution in [0.15, 0.2) is 0 Å². The van der Waals surface area contributed by atoms with Gasteiger partial charge in [-0.2, -0.15) is 0 Å². The molecule has 0 bridgehead atoms. The molecule has 11 heavy (non-hydrogen) atoms. The van der Waals surface area contributed by atoms with E-state index in [9.17, 15) is 0 Å². The molecular formula is C9H20O2. The lowest BCUT2D eigenvalue weighted by Gasteiger charge is -2.09. The molecule has 0 aliphatic carbocycles.